The van der Waals surface area contributed by atoms with Crippen molar-refractivity contribution < 1.29 is 14.3 Å². The zero-order valence-corrected chi connectivity index (χ0v) is 15.6. The van der Waals surface area contributed by atoms with Gasteiger partial charge in [-0.1, -0.05) is 6.07 Å². The van der Waals surface area contributed by atoms with Gasteiger partial charge >= 0.3 is 0 Å². The number of rotatable bonds is 7. The molecule has 0 aliphatic carbocycles. The van der Waals surface area contributed by atoms with Gasteiger partial charge in [0.1, 0.15) is 6.54 Å². The van der Waals surface area contributed by atoms with E-state index in [1.165, 1.54) is 6.07 Å². The smallest absolute Gasteiger partial charge is 0.267 e. The van der Waals surface area contributed by atoms with Crippen LogP contribution in [0.15, 0.2) is 59.7 Å². The topological polar surface area (TPSA) is 95.3 Å². The van der Waals surface area contributed by atoms with Crippen LogP contribution in [0.5, 0.6) is 11.5 Å². The molecule has 0 radical (unpaired) electrons. The Labute approximate surface area is 161 Å². The van der Waals surface area contributed by atoms with Gasteiger partial charge in [-0.15, -0.1) is 0 Å². The van der Waals surface area contributed by atoms with E-state index in [0.29, 0.717) is 23.7 Å². The molecule has 0 aliphatic heterocycles. The maximum Gasteiger partial charge on any atom is 0.267 e. The van der Waals surface area contributed by atoms with Crippen molar-refractivity contribution in [1.82, 2.24) is 20.1 Å². The molecule has 3 aromatic rings. The number of carbonyl (C=O) groups excluding carboxylic acids is 1. The van der Waals surface area contributed by atoms with Crippen molar-refractivity contribution >= 4 is 5.91 Å². The number of carbonyl (C=O) groups is 1. The van der Waals surface area contributed by atoms with Gasteiger partial charge in [0, 0.05) is 30.6 Å². The molecular formula is C20H20N4O4. The van der Waals surface area contributed by atoms with Crippen LogP contribution in [0.4, 0.5) is 0 Å². The minimum Gasteiger partial charge on any atom is -0.493 e. The molecule has 8 nitrogen and oxygen atoms in total. The molecule has 0 saturated heterocycles. The van der Waals surface area contributed by atoms with Crippen molar-refractivity contribution in [2.75, 3.05) is 14.2 Å². The number of amides is 1. The molecule has 0 unspecified atom stereocenters. The molecule has 8 heteroatoms. The average Bonchev–Trinajstić information content (AvgIpc) is 2.74. The molecule has 144 valence electrons. The predicted molar refractivity (Wildman–Crippen MR) is 103 cm³/mol. The summed E-state index contributed by atoms with van der Waals surface area (Å²) in [6.07, 6.45) is 3.33. The predicted octanol–water partition coefficient (Wildman–Crippen LogP) is 1.64. The SMILES string of the molecule is COc1ccc(-c2ccc(=O)n(CC(=O)NCc3cccnc3)n2)cc1OC. The normalized spacial score (nSPS) is 10.4. The van der Waals surface area contributed by atoms with E-state index in [9.17, 15) is 9.59 Å². The molecule has 28 heavy (non-hydrogen) atoms. The van der Waals surface area contributed by atoms with Gasteiger partial charge in [0.15, 0.2) is 11.5 Å². The molecule has 0 saturated carbocycles. The maximum absolute atomic E-state index is 12.2. The van der Waals surface area contributed by atoms with E-state index in [2.05, 4.69) is 15.4 Å². The molecule has 0 bridgehead atoms. The third-order valence-corrected chi connectivity index (χ3v) is 4.05. The van der Waals surface area contributed by atoms with Crippen LogP contribution in [0.2, 0.25) is 0 Å². The van der Waals surface area contributed by atoms with Crippen LogP contribution in [0.25, 0.3) is 11.3 Å². The van der Waals surface area contributed by atoms with Crippen molar-refractivity contribution in [1.29, 1.82) is 0 Å². The lowest BCUT2D eigenvalue weighted by atomic mass is 10.1. The first-order valence-corrected chi connectivity index (χ1v) is 8.57. The fraction of sp³-hybridized carbons (Fsp3) is 0.200. The molecule has 1 aromatic carbocycles. The Bertz CT molecular complexity index is 1020. The highest BCUT2D eigenvalue weighted by Crippen LogP contribution is 2.31. The van der Waals surface area contributed by atoms with E-state index in [4.69, 9.17) is 9.47 Å². The second kappa shape index (κ2) is 8.81. The first-order chi connectivity index (χ1) is 13.6. The molecule has 0 aliphatic rings. The van der Waals surface area contributed by atoms with Gasteiger partial charge in [0.25, 0.3) is 5.56 Å². The summed E-state index contributed by atoms with van der Waals surface area (Å²) >= 11 is 0. The first-order valence-electron chi connectivity index (χ1n) is 8.57. The molecule has 2 heterocycles. The van der Waals surface area contributed by atoms with Crippen molar-refractivity contribution in [2.24, 2.45) is 0 Å². The van der Waals surface area contributed by atoms with E-state index < -0.39 is 0 Å². The number of methoxy groups -OCH3 is 2. The largest absolute Gasteiger partial charge is 0.493 e. The Morgan fingerprint density at radius 1 is 1.11 bits per heavy atom. The molecule has 1 amide bonds. The third-order valence-electron chi connectivity index (χ3n) is 4.05. The summed E-state index contributed by atoms with van der Waals surface area (Å²) in [5.74, 6) is 0.825. The van der Waals surface area contributed by atoms with Crippen molar-refractivity contribution in [2.45, 2.75) is 13.1 Å². The number of benzene rings is 1. The number of hydrogen-bond donors (Lipinski definition) is 1. The van der Waals surface area contributed by atoms with E-state index >= 15 is 0 Å². The lowest BCUT2D eigenvalue weighted by molar-refractivity contribution is -0.122. The number of aromatic nitrogens is 3. The summed E-state index contributed by atoms with van der Waals surface area (Å²) in [4.78, 5) is 28.3. The van der Waals surface area contributed by atoms with Gasteiger partial charge in [0.2, 0.25) is 5.91 Å². The Morgan fingerprint density at radius 2 is 1.93 bits per heavy atom. The molecule has 1 N–H and O–H groups in total. The number of nitrogens with one attached hydrogen (secondary N) is 1. The molecule has 0 fully saturated rings. The summed E-state index contributed by atoms with van der Waals surface area (Å²) in [7, 11) is 3.10. The lowest BCUT2D eigenvalue weighted by Crippen LogP contribution is -2.33. The molecule has 0 atom stereocenters. The molecule has 2 aromatic heterocycles. The lowest BCUT2D eigenvalue weighted by Gasteiger charge is -2.11. The van der Waals surface area contributed by atoms with E-state index in [0.717, 1.165) is 15.8 Å². The van der Waals surface area contributed by atoms with E-state index in [-0.39, 0.29) is 18.0 Å². The zero-order valence-electron chi connectivity index (χ0n) is 15.6. The third kappa shape index (κ3) is 4.53. The van der Waals surface area contributed by atoms with Gasteiger partial charge in [-0.05, 0) is 35.9 Å². The van der Waals surface area contributed by atoms with E-state index in [1.54, 1.807) is 56.9 Å². The maximum atomic E-state index is 12.2. The van der Waals surface area contributed by atoms with Gasteiger partial charge in [-0.3, -0.25) is 14.6 Å². The average molecular weight is 380 g/mol. The summed E-state index contributed by atoms with van der Waals surface area (Å²) in [5, 5.41) is 7.06. The zero-order chi connectivity index (χ0) is 19.9. The Morgan fingerprint density at radius 3 is 2.64 bits per heavy atom. The fourth-order valence-corrected chi connectivity index (χ4v) is 2.61. The van der Waals surface area contributed by atoms with Crippen LogP contribution in [-0.4, -0.2) is 34.9 Å². The molecule has 0 spiro atoms. The minimum atomic E-state index is -0.360. The van der Waals surface area contributed by atoms with Crippen LogP contribution in [0, 0.1) is 0 Å². The monoisotopic (exact) mass is 380 g/mol. The second-order valence-corrected chi connectivity index (χ2v) is 5.92. The van der Waals surface area contributed by atoms with E-state index in [1.807, 2.05) is 6.07 Å². The number of nitrogens with zero attached hydrogens (tertiary/aromatic N) is 3. The fourth-order valence-electron chi connectivity index (χ4n) is 2.61. The highest BCUT2D eigenvalue weighted by molar-refractivity contribution is 5.75. The van der Waals surface area contributed by atoms with Crippen LogP contribution < -0.4 is 20.3 Å². The standard InChI is InChI=1S/C20H20N4O4/c1-27-17-7-5-15(10-18(17)28-2)16-6-8-20(26)24(23-16)13-19(25)22-12-14-4-3-9-21-11-14/h3-11H,12-13H2,1-2H3,(H,22,25). The van der Waals surface area contributed by atoms with Gasteiger partial charge in [-0.2, -0.15) is 5.10 Å². The highest BCUT2D eigenvalue weighted by atomic mass is 16.5. The highest BCUT2D eigenvalue weighted by Gasteiger charge is 2.11. The Hall–Kier alpha value is -3.68. The summed E-state index contributed by atoms with van der Waals surface area (Å²) in [5.41, 5.74) is 1.79. The van der Waals surface area contributed by atoms with Crippen LogP contribution in [0.1, 0.15) is 5.56 Å². The van der Waals surface area contributed by atoms with Crippen LogP contribution in [0.3, 0.4) is 0 Å². The van der Waals surface area contributed by atoms with Gasteiger partial charge < -0.3 is 14.8 Å². The van der Waals surface area contributed by atoms with Crippen molar-refractivity contribution in [3.8, 4) is 22.8 Å². The number of hydrogen-bond acceptors (Lipinski definition) is 6. The van der Waals surface area contributed by atoms with Crippen molar-refractivity contribution in [3.05, 3.63) is 70.8 Å². The number of ether oxygens (including phenoxy) is 2. The minimum absolute atomic E-state index is 0.180. The van der Waals surface area contributed by atoms with Crippen molar-refractivity contribution in [3.63, 3.8) is 0 Å². The quantitative estimate of drug-likeness (QED) is 0.670. The summed E-state index contributed by atoms with van der Waals surface area (Å²) < 4.78 is 11.7. The van der Waals surface area contributed by atoms with Gasteiger partial charge in [0.05, 0.1) is 19.9 Å². The van der Waals surface area contributed by atoms with Gasteiger partial charge in [-0.25, -0.2) is 4.68 Å². The Balaban J connectivity index is 1.76. The van der Waals surface area contributed by atoms with Crippen LogP contribution in [-0.2, 0) is 17.9 Å². The first kappa shape index (κ1) is 19.1. The molecular weight excluding hydrogens is 360 g/mol. The second-order valence-electron chi connectivity index (χ2n) is 5.92. The Kier molecular flexibility index (Phi) is 6.01. The number of pyridine rings is 1. The van der Waals surface area contributed by atoms with Crippen LogP contribution >= 0.6 is 0 Å². The summed E-state index contributed by atoms with van der Waals surface area (Å²) in [6, 6.07) is 12.0. The molecule has 3 rings (SSSR count). The summed E-state index contributed by atoms with van der Waals surface area (Å²) in [6.45, 7) is 0.150.